The predicted octanol–water partition coefficient (Wildman–Crippen LogP) is 3.46. The molecule has 6 nitrogen and oxygen atoms in total. The van der Waals surface area contributed by atoms with Crippen molar-refractivity contribution in [3.8, 4) is 11.3 Å². The number of fused-ring (bicyclic) bond motifs is 1. The fourth-order valence-electron chi connectivity index (χ4n) is 2.72. The molecular weight excluding hydrogens is 392 g/mol. The van der Waals surface area contributed by atoms with Gasteiger partial charge in [0.15, 0.2) is 11.5 Å². The Kier molecular flexibility index (Phi) is 5.44. The van der Waals surface area contributed by atoms with E-state index in [1.807, 2.05) is 0 Å². The maximum Gasteiger partial charge on any atom is 0.416 e. The molecule has 1 amide bonds. The van der Waals surface area contributed by atoms with Gasteiger partial charge in [-0.2, -0.15) is 18.3 Å². The Morgan fingerprint density at radius 1 is 1.24 bits per heavy atom. The fourth-order valence-corrected chi connectivity index (χ4v) is 2.72. The van der Waals surface area contributed by atoms with E-state index in [2.05, 4.69) is 22.0 Å². The van der Waals surface area contributed by atoms with Crippen molar-refractivity contribution in [1.29, 1.82) is 0 Å². The molecule has 1 unspecified atom stereocenters. The number of alkyl halides is 3. The second kappa shape index (κ2) is 7.82. The Morgan fingerprint density at radius 2 is 1.93 bits per heavy atom. The molecule has 1 atom stereocenters. The average molecular weight is 406 g/mol. The van der Waals surface area contributed by atoms with Crippen LogP contribution in [-0.2, 0) is 15.8 Å². The number of aromatic nitrogens is 3. The molecular formula is C19H14F4N4O2. The number of carbonyl (C=O) groups is 2. The molecule has 10 heteroatoms. The maximum absolute atomic E-state index is 12.8. The number of carbonyl (C=O) groups excluding carboxylic acids is 2. The second-order valence-corrected chi connectivity index (χ2v) is 6.06. The van der Waals surface area contributed by atoms with E-state index in [0.717, 1.165) is 12.1 Å². The largest absolute Gasteiger partial charge is 0.416 e. The summed E-state index contributed by atoms with van der Waals surface area (Å²) >= 11 is 0. The minimum atomic E-state index is -4.47. The summed E-state index contributed by atoms with van der Waals surface area (Å²) in [5.74, 6) is -2.27. The molecule has 1 N–H and O–H groups in total. The molecule has 1 aromatic carbocycles. The van der Waals surface area contributed by atoms with E-state index in [4.69, 9.17) is 0 Å². The van der Waals surface area contributed by atoms with Gasteiger partial charge in [0.05, 0.1) is 5.56 Å². The van der Waals surface area contributed by atoms with Crippen LogP contribution >= 0.6 is 0 Å². The maximum atomic E-state index is 12.8. The Hall–Kier alpha value is -3.56. The van der Waals surface area contributed by atoms with Crippen LogP contribution in [0.25, 0.3) is 22.3 Å². The van der Waals surface area contributed by atoms with Crippen LogP contribution in [0, 0.1) is 0 Å². The molecule has 29 heavy (non-hydrogen) atoms. The summed E-state index contributed by atoms with van der Waals surface area (Å²) in [6.45, 7) is 2.59. The molecule has 0 bridgehead atoms. The van der Waals surface area contributed by atoms with E-state index in [0.29, 0.717) is 22.9 Å². The van der Waals surface area contributed by atoms with E-state index < -0.39 is 29.5 Å². The number of hydrogen-bond donors (Lipinski definition) is 1. The van der Waals surface area contributed by atoms with Crippen molar-refractivity contribution in [3.05, 3.63) is 60.6 Å². The van der Waals surface area contributed by atoms with Crippen molar-refractivity contribution >= 4 is 23.2 Å². The first-order chi connectivity index (χ1) is 13.7. The standard InChI is InChI=1S/C19H14F4N4O2/c1-11(20)18(29)25-9-14(10-28)27-17-15(3-2-8-24-17)16(26-27)12-4-6-13(7-5-12)19(21,22)23/h2-8,10,14H,1,9H2,(H,25,29). The van der Waals surface area contributed by atoms with Gasteiger partial charge in [0.2, 0.25) is 0 Å². The van der Waals surface area contributed by atoms with Crippen LogP contribution in [0.1, 0.15) is 11.6 Å². The van der Waals surface area contributed by atoms with Gasteiger partial charge in [-0.15, -0.1) is 0 Å². The van der Waals surface area contributed by atoms with Crippen LogP contribution in [0.3, 0.4) is 0 Å². The number of amides is 1. The van der Waals surface area contributed by atoms with Crippen molar-refractivity contribution < 1.29 is 27.2 Å². The van der Waals surface area contributed by atoms with Gasteiger partial charge < -0.3 is 10.1 Å². The van der Waals surface area contributed by atoms with Gasteiger partial charge >= 0.3 is 6.18 Å². The highest BCUT2D eigenvalue weighted by Crippen LogP contribution is 2.33. The Labute approximate surface area is 161 Å². The molecule has 2 aromatic heterocycles. The number of halogens is 4. The molecule has 0 saturated carbocycles. The highest BCUT2D eigenvalue weighted by molar-refractivity contribution is 5.92. The highest BCUT2D eigenvalue weighted by Gasteiger charge is 2.30. The Bertz CT molecular complexity index is 1070. The van der Waals surface area contributed by atoms with Crippen molar-refractivity contribution in [3.63, 3.8) is 0 Å². The van der Waals surface area contributed by atoms with Gasteiger partial charge in [-0.3, -0.25) is 4.79 Å². The first-order valence-electron chi connectivity index (χ1n) is 8.31. The summed E-state index contributed by atoms with van der Waals surface area (Å²) in [4.78, 5) is 27.1. The van der Waals surface area contributed by atoms with Gasteiger partial charge in [0.25, 0.3) is 5.91 Å². The number of aldehydes is 1. The first-order valence-corrected chi connectivity index (χ1v) is 8.31. The summed E-state index contributed by atoms with van der Waals surface area (Å²) in [5.41, 5.74) is 0.186. The lowest BCUT2D eigenvalue weighted by Gasteiger charge is -2.12. The van der Waals surface area contributed by atoms with Crippen LogP contribution < -0.4 is 5.32 Å². The van der Waals surface area contributed by atoms with Gasteiger partial charge in [-0.25, -0.2) is 14.1 Å². The van der Waals surface area contributed by atoms with Crippen molar-refractivity contribution in [2.75, 3.05) is 6.54 Å². The highest BCUT2D eigenvalue weighted by atomic mass is 19.4. The van der Waals surface area contributed by atoms with Crippen LogP contribution in [-0.4, -0.2) is 33.5 Å². The third-order valence-electron chi connectivity index (χ3n) is 4.14. The molecule has 0 fully saturated rings. The van der Waals surface area contributed by atoms with Crippen LogP contribution in [0.5, 0.6) is 0 Å². The monoisotopic (exact) mass is 406 g/mol. The van der Waals surface area contributed by atoms with E-state index in [9.17, 15) is 27.2 Å². The number of rotatable bonds is 6. The number of benzene rings is 1. The fraction of sp³-hybridized carbons (Fsp3) is 0.158. The molecule has 0 aliphatic carbocycles. The number of nitrogens with one attached hydrogen (secondary N) is 1. The summed E-state index contributed by atoms with van der Waals surface area (Å²) in [6, 6.07) is 6.66. The lowest BCUT2D eigenvalue weighted by atomic mass is 10.1. The zero-order valence-electron chi connectivity index (χ0n) is 14.8. The minimum absolute atomic E-state index is 0.273. The number of hydrogen-bond acceptors (Lipinski definition) is 4. The third-order valence-corrected chi connectivity index (χ3v) is 4.14. The summed E-state index contributed by atoms with van der Waals surface area (Å²) in [7, 11) is 0. The van der Waals surface area contributed by atoms with Crippen molar-refractivity contribution in [2.45, 2.75) is 12.2 Å². The summed E-state index contributed by atoms with van der Waals surface area (Å²) in [6.07, 6.45) is -2.51. The second-order valence-electron chi connectivity index (χ2n) is 6.06. The van der Waals surface area contributed by atoms with E-state index in [1.165, 1.54) is 23.0 Å². The minimum Gasteiger partial charge on any atom is -0.347 e. The van der Waals surface area contributed by atoms with Crippen LogP contribution in [0.4, 0.5) is 17.6 Å². The Balaban J connectivity index is 2.01. The van der Waals surface area contributed by atoms with Crippen molar-refractivity contribution in [2.24, 2.45) is 0 Å². The molecule has 0 aliphatic heterocycles. The SMILES string of the molecule is C=C(F)C(=O)NCC(C=O)n1nc(-c2ccc(C(F)(F)F)cc2)c2cccnc21. The van der Waals surface area contributed by atoms with E-state index in [-0.39, 0.29) is 12.2 Å². The predicted molar refractivity (Wildman–Crippen MR) is 96.3 cm³/mol. The molecule has 0 radical (unpaired) electrons. The molecule has 3 rings (SSSR count). The lowest BCUT2D eigenvalue weighted by Crippen LogP contribution is -2.32. The van der Waals surface area contributed by atoms with Gasteiger partial charge in [0, 0.05) is 23.7 Å². The smallest absolute Gasteiger partial charge is 0.347 e. The van der Waals surface area contributed by atoms with Crippen LogP contribution in [0.2, 0.25) is 0 Å². The van der Waals surface area contributed by atoms with Gasteiger partial charge in [0.1, 0.15) is 18.0 Å². The van der Waals surface area contributed by atoms with E-state index in [1.54, 1.807) is 12.1 Å². The zero-order chi connectivity index (χ0) is 21.2. The first kappa shape index (κ1) is 20.2. The third kappa shape index (κ3) is 4.15. The molecule has 0 spiro atoms. The zero-order valence-corrected chi connectivity index (χ0v) is 14.8. The molecule has 150 valence electrons. The average Bonchev–Trinajstić information content (AvgIpc) is 3.07. The summed E-state index contributed by atoms with van der Waals surface area (Å²) < 4.78 is 52.5. The topological polar surface area (TPSA) is 76.9 Å². The molecule has 0 aliphatic rings. The molecule has 3 aromatic rings. The lowest BCUT2D eigenvalue weighted by molar-refractivity contribution is -0.137. The van der Waals surface area contributed by atoms with Crippen molar-refractivity contribution in [1.82, 2.24) is 20.1 Å². The van der Waals surface area contributed by atoms with Gasteiger partial charge in [-0.05, 0) is 24.3 Å². The number of nitrogens with zero attached hydrogens (tertiary/aromatic N) is 3. The Morgan fingerprint density at radius 3 is 2.52 bits per heavy atom. The number of pyridine rings is 1. The van der Waals surface area contributed by atoms with Gasteiger partial charge in [-0.1, -0.05) is 18.7 Å². The normalized spacial score (nSPS) is 12.6. The quantitative estimate of drug-likeness (QED) is 0.387. The van der Waals surface area contributed by atoms with E-state index >= 15 is 0 Å². The van der Waals surface area contributed by atoms with Crippen LogP contribution in [0.15, 0.2) is 55.0 Å². The summed E-state index contributed by atoms with van der Waals surface area (Å²) in [5, 5.41) is 7.03. The molecule has 0 saturated heterocycles. The molecule has 2 heterocycles.